The van der Waals surface area contributed by atoms with Crippen LogP contribution in [0.2, 0.25) is 0 Å². The van der Waals surface area contributed by atoms with Crippen LogP contribution in [0.3, 0.4) is 0 Å². The van der Waals surface area contributed by atoms with Gasteiger partial charge in [-0.05, 0) is 37.3 Å². The van der Waals surface area contributed by atoms with Crippen LogP contribution in [-0.2, 0) is 16.4 Å². The fourth-order valence-electron chi connectivity index (χ4n) is 2.30. The normalized spacial score (nSPS) is 11.4. The molecule has 0 unspecified atom stereocenters. The topological polar surface area (TPSA) is 101 Å². The minimum absolute atomic E-state index is 0.142. The van der Waals surface area contributed by atoms with Gasteiger partial charge in [0.15, 0.2) is 0 Å². The number of halogens is 1. The second-order valence-electron chi connectivity index (χ2n) is 5.93. The van der Waals surface area contributed by atoms with Crippen LogP contribution in [0.5, 0.6) is 0 Å². The first-order valence-corrected chi connectivity index (χ1v) is 10.6. The number of rotatable bonds is 7. The summed E-state index contributed by atoms with van der Waals surface area (Å²) >= 11 is 1.13. The number of aryl methyl sites for hydroxylation is 1. The van der Waals surface area contributed by atoms with Crippen LogP contribution in [0.25, 0.3) is 0 Å². The number of amides is 1. The average molecular weight is 420 g/mol. The Balaban J connectivity index is 1.55. The highest BCUT2D eigenvalue weighted by Gasteiger charge is 2.14. The molecule has 0 spiro atoms. The van der Waals surface area contributed by atoms with Gasteiger partial charge in [0.2, 0.25) is 15.2 Å². The zero-order valence-electron chi connectivity index (χ0n) is 14.8. The van der Waals surface area contributed by atoms with E-state index in [1.807, 2.05) is 6.92 Å². The lowest BCUT2D eigenvalue weighted by Gasteiger charge is -2.05. The number of hydrogen-bond donors (Lipinski definition) is 2. The summed E-state index contributed by atoms with van der Waals surface area (Å²) < 4.78 is 40.2. The summed E-state index contributed by atoms with van der Waals surface area (Å²) in [7, 11) is -3.60. The molecule has 0 atom stereocenters. The molecule has 0 radical (unpaired) electrons. The summed E-state index contributed by atoms with van der Waals surface area (Å²) in [6, 6.07) is 11.8. The molecule has 1 heterocycles. The highest BCUT2D eigenvalue weighted by atomic mass is 32.2. The lowest BCUT2D eigenvalue weighted by Crippen LogP contribution is -2.25. The molecule has 0 aliphatic carbocycles. The van der Waals surface area contributed by atoms with E-state index < -0.39 is 21.7 Å². The maximum Gasteiger partial charge on any atom is 0.257 e. The Morgan fingerprint density at radius 3 is 2.61 bits per heavy atom. The van der Waals surface area contributed by atoms with Crippen LogP contribution in [0.1, 0.15) is 20.9 Å². The third-order valence-electron chi connectivity index (χ3n) is 3.74. The van der Waals surface area contributed by atoms with Crippen LogP contribution in [0.15, 0.2) is 53.4 Å². The van der Waals surface area contributed by atoms with Gasteiger partial charge in [0.1, 0.15) is 10.8 Å². The SMILES string of the molecule is Cc1ccc(S(=O)(=O)NCCc2nnc(NC(=O)c3cccc(F)c3)s2)cc1. The number of nitrogens with zero attached hydrogens (tertiary/aromatic N) is 2. The van der Waals surface area contributed by atoms with Gasteiger partial charge in [0.25, 0.3) is 5.91 Å². The average Bonchev–Trinajstić information content (AvgIpc) is 3.09. The first-order chi connectivity index (χ1) is 13.3. The van der Waals surface area contributed by atoms with Crippen molar-refractivity contribution in [2.24, 2.45) is 0 Å². The van der Waals surface area contributed by atoms with E-state index in [0.717, 1.165) is 23.0 Å². The molecule has 7 nitrogen and oxygen atoms in total. The second-order valence-corrected chi connectivity index (χ2v) is 8.76. The van der Waals surface area contributed by atoms with E-state index in [1.54, 1.807) is 24.3 Å². The van der Waals surface area contributed by atoms with Crippen molar-refractivity contribution in [3.63, 3.8) is 0 Å². The number of nitrogens with one attached hydrogen (secondary N) is 2. The first-order valence-electron chi connectivity index (χ1n) is 8.29. The maximum absolute atomic E-state index is 13.2. The fraction of sp³-hybridized carbons (Fsp3) is 0.167. The zero-order valence-corrected chi connectivity index (χ0v) is 16.5. The van der Waals surface area contributed by atoms with Gasteiger partial charge >= 0.3 is 0 Å². The second kappa shape index (κ2) is 8.55. The number of benzene rings is 2. The monoisotopic (exact) mass is 420 g/mol. The Morgan fingerprint density at radius 2 is 1.89 bits per heavy atom. The van der Waals surface area contributed by atoms with E-state index in [1.165, 1.54) is 18.2 Å². The Labute approximate surface area is 165 Å². The minimum atomic E-state index is -3.60. The lowest BCUT2D eigenvalue weighted by atomic mass is 10.2. The smallest absolute Gasteiger partial charge is 0.257 e. The molecule has 1 amide bonds. The molecule has 146 valence electrons. The van der Waals surface area contributed by atoms with Crippen LogP contribution in [0.4, 0.5) is 9.52 Å². The van der Waals surface area contributed by atoms with E-state index >= 15 is 0 Å². The van der Waals surface area contributed by atoms with E-state index in [9.17, 15) is 17.6 Å². The van der Waals surface area contributed by atoms with Crippen LogP contribution in [0, 0.1) is 12.7 Å². The molecular formula is C18H17FN4O3S2. The summed E-state index contributed by atoms with van der Waals surface area (Å²) in [6.07, 6.45) is 0.318. The standard InChI is InChI=1S/C18H17FN4O3S2/c1-12-5-7-15(8-6-12)28(25,26)20-10-9-16-22-23-18(27-16)21-17(24)13-3-2-4-14(19)11-13/h2-8,11,20H,9-10H2,1H3,(H,21,23,24). The van der Waals surface area contributed by atoms with Gasteiger partial charge in [-0.15, -0.1) is 10.2 Å². The Hall–Kier alpha value is -2.69. The summed E-state index contributed by atoms with van der Waals surface area (Å²) in [6.45, 7) is 2.02. The molecule has 2 aromatic carbocycles. The number of aromatic nitrogens is 2. The van der Waals surface area contributed by atoms with Crippen molar-refractivity contribution in [1.29, 1.82) is 0 Å². The Bertz CT molecular complexity index is 1080. The van der Waals surface area contributed by atoms with Gasteiger partial charge < -0.3 is 0 Å². The zero-order chi connectivity index (χ0) is 20.1. The highest BCUT2D eigenvalue weighted by Crippen LogP contribution is 2.17. The molecule has 1 aromatic heterocycles. The van der Waals surface area contributed by atoms with Crippen molar-refractivity contribution in [3.05, 3.63) is 70.5 Å². The quantitative estimate of drug-likeness (QED) is 0.612. The summed E-state index contributed by atoms with van der Waals surface area (Å²) in [4.78, 5) is 12.3. The molecule has 2 N–H and O–H groups in total. The molecule has 3 rings (SSSR count). The number of sulfonamides is 1. The largest absolute Gasteiger partial charge is 0.296 e. The molecule has 28 heavy (non-hydrogen) atoms. The molecule has 0 aliphatic heterocycles. The Morgan fingerprint density at radius 1 is 1.14 bits per heavy atom. The van der Waals surface area contributed by atoms with Crippen molar-refractivity contribution in [3.8, 4) is 0 Å². The van der Waals surface area contributed by atoms with Gasteiger partial charge in [0, 0.05) is 18.5 Å². The molecule has 10 heteroatoms. The van der Waals surface area contributed by atoms with E-state index in [4.69, 9.17) is 0 Å². The van der Waals surface area contributed by atoms with E-state index in [0.29, 0.717) is 11.4 Å². The van der Waals surface area contributed by atoms with Crippen molar-refractivity contribution in [1.82, 2.24) is 14.9 Å². The molecule has 0 saturated heterocycles. The van der Waals surface area contributed by atoms with Gasteiger partial charge in [0.05, 0.1) is 4.90 Å². The summed E-state index contributed by atoms with van der Waals surface area (Å²) in [5.74, 6) is -1.01. The predicted octanol–water partition coefficient (Wildman–Crippen LogP) is 2.76. The molecular weight excluding hydrogens is 403 g/mol. The number of hydrogen-bond acceptors (Lipinski definition) is 6. The van der Waals surface area contributed by atoms with Gasteiger partial charge in [-0.25, -0.2) is 17.5 Å². The third-order valence-corrected chi connectivity index (χ3v) is 6.11. The highest BCUT2D eigenvalue weighted by molar-refractivity contribution is 7.89. The predicted molar refractivity (Wildman–Crippen MR) is 104 cm³/mol. The van der Waals surface area contributed by atoms with Crippen LogP contribution >= 0.6 is 11.3 Å². The number of carbonyl (C=O) groups is 1. The number of carbonyl (C=O) groups excluding carboxylic acids is 1. The van der Waals surface area contributed by atoms with Crippen molar-refractivity contribution in [2.75, 3.05) is 11.9 Å². The van der Waals surface area contributed by atoms with Gasteiger partial charge in [-0.3, -0.25) is 10.1 Å². The molecule has 0 saturated carbocycles. The van der Waals surface area contributed by atoms with E-state index in [2.05, 4.69) is 20.2 Å². The lowest BCUT2D eigenvalue weighted by molar-refractivity contribution is 0.102. The Kier molecular flexibility index (Phi) is 6.12. The van der Waals surface area contributed by atoms with Gasteiger partial charge in [-0.1, -0.05) is 35.1 Å². The first kappa shape index (κ1) is 20.1. The molecule has 3 aromatic rings. The van der Waals surface area contributed by atoms with Crippen molar-refractivity contribution < 1.29 is 17.6 Å². The van der Waals surface area contributed by atoms with Crippen LogP contribution < -0.4 is 10.0 Å². The van der Waals surface area contributed by atoms with Crippen LogP contribution in [-0.4, -0.2) is 31.1 Å². The van der Waals surface area contributed by atoms with Crippen molar-refractivity contribution in [2.45, 2.75) is 18.2 Å². The molecule has 0 fully saturated rings. The third kappa shape index (κ3) is 5.18. The van der Waals surface area contributed by atoms with Crippen molar-refractivity contribution >= 4 is 32.4 Å². The summed E-state index contributed by atoms with van der Waals surface area (Å²) in [5.41, 5.74) is 1.14. The number of anilines is 1. The maximum atomic E-state index is 13.2. The van der Waals surface area contributed by atoms with Gasteiger partial charge in [-0.2, -0.15) is 0 Å². The van der Waals surface area contributed by atoms with E-state index in [-0.39, 0.29) is 22.1 Å². The summed E-state index contributed by atoms with van der Waals surface area (Å²) in [5, 5.41) is 11.1. The minimum Gasteiger partial charge on any atom is -0.296 e. The molecule has 0 aliphatic rings. The fourth-order valence-corrected chi connectivity index (χ4v) is 4.06. The molecule has 0 bridgehead atoms.